The number of hydrogen-bond donors (Lipinski definition) is 1. The summed E-state index contributed by atoms with van der Waals surface area (Å²) < 4.78 is 26.7. The lowest BCUT2D eigenvalue weighted by Gasteiger charge is -2.29. The SMILES string of the molecule is COc1ccc(NC(=O)[C@H]2CCC(=O)N2[C@H]2OC(=O)c3c2ccc(OC)c3OC)c(OC)c1. The number of nitrogens with one attached hydrogen (secondary N) is 1. The number of esters is 1. The van der Waals surface area contributed by atoms with Crippen molar-refractivity contribution in [3.8, 4) is 23.0 Å². The first kappa shape index (κ1) is 22.3. The van der Waals surface area contributed by atoms with Crippen LogP contribution in [0, 0.1) is 0 Å². The lowest BCUT2D eigenvalue weighted by Crippen LogP contribution is -2.43. The van der Waals surface area contributed by atoms with Crippen LogP contribution in [0.4, 0.5) is 5.69 Å². The largest absolute Gasteiger partial charge is 0.497 e. The molecule has 0 bridgehead atoms. The van der Waals surface area contributed by atoms with E-state index in [1.54, 1.807) is 30.3 Å². The van der Waals surface area contributed by atoms with E-state index in [0.717, 1.165) is 0 Å². The summed E-state index contributed by atoms with van der Waals surface area (Å²) in [5, 5.41) is 2.81. The van der Waals surface area contributed by atoms with Gasteiger partial charge in [0.15, 0.2) is 11.5 Å². The predicted molar refractivity (Wildman–Crippen MR) is 116 cm³/mol. The predicted octanol–water partition coefficient (Wildman–Crippen LogP) is 2.52. The Morgan fingerprint density at radius 3 is 2.42 bits per heavy atom. The maximum Gasteiger partial charge on any atom is 0.344 e. The van der Waals surface area contributed by atoms with Crippen molar-refractivity contribution in [2.24, 2.45) is 0 Å². The van der Waals surface area contributed by atoms with Crippen LogP contribution in [0.5, 0.6) is 23.0 Å². The van der Waals surface area contributed by atoms with Crippen molar-refractivity contribution in [1.29, 1.82) is 0 Å². The molecule has 1 fully saturated rings. The van der Waals surface area contributed by atoms with Crippen LogP contribution in [0.25, 0.3) is 0 Å². The Morgan fingerprint density at radius 2 is 1.76 bits per heavy atom. The highest BCUT2D eigenvalue weighted by Crippen LogP contribution is 2.45. The molecule has 2 aliphatic rings. The van der Waals surface area contributed by atoms with Crippen LogP contribution in [-0.4, -0.2) is 57.2 Å². The van der Waals surface area contributed by atoms with E-state index in [1.807, 2.05) is 0 Å². The number of nitrogens with zero attached hydrogens (tertiary/aromatic N) is 1. The molecule has 10 nitrogen and oxygen atoms in total. The fourth-order valence-electron chi connectivity index (χ4n) is 4.16. The van der Waals surface area contributed by atoms with E-state index < -0.39 is 24.1 Å². The van der Waals surface area contributed by atoms with Gasteiger partial charge in [0.05, 0.1) is 34.1 Å². The summed E-state index contributed by atoms with van der Waals surface area (Å²) in [4.78, 5) is 40.0. The Labute approximate surface area is 190 Å². The summed E-state index contributed by atoms with van der Waals surface area (Å²) in [6, 6.07) is 7.40. The smallest absolute Gasteiger partial charge is 0.344 e. The Morgan fingerprint density at radius 1 is 1.00 bits per heavy atom. The molecule has 0 radical (unpaired) electrons. The number of likely N-dealkylation sites (tertiary alicyclic amines) is 1. The number of methoxy groups -OCH3 is 4. The Kier molecular flexibility index (Phi) is 5.99. The van der Waals surface area contributed by atoms with Gasteiger partial charge in [-0.15, -0.1) is 0 Å². The molecule has 2 aliphatic heterocycles. The maximum atomic E-state index is 13.2. The number of amides is 2. The lowest BCUT2D eigenvalue weighted by atomic mass is 10.0. The van der Waals surface area contributed by atoms with E-state index in [1.165, 1.54) is 33.3 Å². The molecule has 10 heteroatoms. The molecule has 0 aromatic heterocycles. The molecule has 2 heterocycles. The molecule has 1 saturated heterocycles. The van der Waals surface area contributed by atoms with Gasteiger partial charge in [0.2, 0.25) is 18.0 Å². The Bertz CT molecular complexity index is 1120. The first-order valence-electron chi connectivity index (χ1n) is 10.2. The molecular formula is C23H24N2O8. The summed E-state index contributed by atoms with van der Waals surface area (Å²) >= 11 is 0. The minimum atomic E-state index is -1.05. The lowest BCUT2D eigenvalue weighted by molar-refractivity contribution is -0.144. The van der Waals surface area contributed by atoms with Crippen LogP contribution < -0.4 is 24.3 Å². The van der Waals surface area contributed by atoms with Crippen LogP contribution in [0.2, 0.25) is 0 Å². The second kappa shape index (κ2) is 8.89. The average molecular weight is 456 g/mol. The minimum absolute atomic E-state index is 0.147. The van der Waals surface area contributed by atoms with Gasteiger partial charge in [0.1, 0.15) is 23.1 Å². The highest BCUT2D eigenvalue weighted by molar-refractivity contribution is 6.02. The third-order valence-corrected chi connectivity index (χ3v) is 5.74. The van der Waals surface area contributed by atoms with Crippen LogP contribution >= 0.6 is 0 Å². The summed E-state index contributed by atoms with van der Waals surface area (Å²) in [5.41, 5.74) is 1.04. The molecule has 2 aromatic carbocycles. The van der Waals surface area contributed by atoms with Crippen molar-refractivity contribution in [3.05, 3.63) is 41.5 Å². The number of carbonyl (C=O) groups is 3. The number of cyclic esters (lactones) is 1. The van der Waals surface area contributed by atoms with Crippen molar-refractivity contribution in [1.82, 2.24) is 4.90 Å². The van der Waals surface area contributed by atoms with Crippen molar-refractivity contribution in [2.45, 2.75) is 25.1 Å². The molecule has 2 aromatic rings. The topological polar surface area (TPSA) is 113 Å². The maximum absolute atomic E-state index is 13.2. The van der Waals surface area contributed by atoms with E-state index in [2.05, 4.69) is 5.32 Å². The van der Waals surface area contributed by atoms with E-state index in [9.17, 15) is 14.4 Å². The van der Waals surface area contributed by atoms with Crippen LogP contribution in [-0.2, 0) is 14.3 Å². The summed E-state index contributed by atoms with van der Waals surface area (Å²) in [6.45, 7) is 0. The first-order valence-corrected chi connectivity index (χ1v) is 10.2. The molecule has 0 saturated carbocycles. The number of benzene rings is 2. The van der Waals surface area contributed by atoms with Crippen molar-refractivity contribution < 1.29 is 38.1 Å². The number of ether oxygens (including phenoxy) is 5. The van der Waals surface area contributed by atoms with E-state index in [4.69, 9.17) is 23.7 Å². The van der Waals surface area contributed by atoms with Gasteiger partial charge in [-0.2, -0.15) is 0 Å². The summed E-state index contributed by atoms with van der Waals surface area (Å²) in [6.07, 6.45) is -0.621. The van der Waals surface area contributed by atoms with E-state index in [-0.39, 0.29) is 30.1 Å². The van der Waals surface area contributed by atoms with Gasteiger partial charge in [0, 0.05) is 18.1 Å². The Hall–Kier alpha value is -3.95. The first-order chi connectivity index (χ1) is 15.9. The van der Waals surface area contributed by atoms with E-state index >= 15 is 0 Å². The van der Waals surface area contributed by atoms with Gasteiger partial charge < -0.3 is 29.0 Å². The Balaban J connectivity index is 1.64. The molecule has 174 valence electrons. The quantitative estimate of drug-likeness (QED) is 0.633. The van der Waals surface area contributed by atoms with Crippen LogP contribution in [0.15, 0.2) is 30.3 Å². The molecule has 2 amide bonds. The van der Waals surface area contributed by atoms with Gasteiger partial charge in [-0.3, -0.25) is 14.5 Å². The van der Waals surface area contributed by atoms with Gasteiger partial charge in [-0.1, -0.05) is 0 Å². The van der Waals surface area contributed by atoms with Crippen LogP contribution in [0.3, 0.4) is 0 Å². The average Bonchev–Trinajstić information content (AvgIpc) is 3.37. The normalized spacial score (nSPS) is 19.1. The second-order valence-electron chi connectivity index (χ2n) is 7.43. The summed E-state index contributed by atoms with van der Waals surface area (Å²) in [7, 11) is 5.88. The number of anilines is 1. The highest BCUT2D eigenvalue weighted by Gasteiger charge is 2.47. The van der Waals surface area contributed by atoms with Crippen LogP contribution in [0.1, 0.15) is 35.0 Å². The number of fused-ring (bicyclic) bond motifs is 1. The molecule has 0 spiro atoms. The number of carbonyl (C=O) groups excluding carboxylic acids is 3. The number of hydrogen-bond acceptors (Lipinski definition) is 8. The van der Waals surface area contributed by atoms with Gasteiger partial charge in [0.25, 0.3) is 0 Å². The molecule has 0 aliphatic carbocycles. The van der Waals surface area contributed by atoms with Gasteiger partial charge in [-0.05, 0) is 30.7 Å². The van der Waals surface area contributed by atoms with Crippen molar-refractivity contribution in [3.63, 3.8) is 0 Å². The van der Waals surface area contributed by atoms with Crippen molar-refractivity contribution in [2.75, 3.05) is 33.8 Å². The molecular weight excluding hydrogens is 432 g/mol. The zero-order valence-corrected chi connectivity index (χ0v) is 18.7. The zero-order chi connectivity index (χ0) is 23.7. The minimum Gasteiger partial charge on any atom is -0.497 e. The molecule has 1 N–H and O–H groups in total. The summed E-state index contributed by atoms with van der Waals surface area (Å²) in [5.74, 6) is 0.197. The monoisotopic (exact) mass is 456 g/mol. The molecule has 2 atom stereocenters. The third-order valence-electron chi connectivity index (χ3n) is 5.74. The zero-order valence-electron chi connectivity index (χ0n) is 18.7. The molecule has 33 heavy (non-hydrogen) atoms. The van der Waals surface area contributed by atoms with Crippen molar-refractivity contribution >= 4 is 23.5 Å². The van der Waals surface area contributed by atoms with E-state index in [0.29, 0.717) is 28.5 Å². The highest BCUT2D eigenvalue weighted by atomic mass is 16.6. The fourth-order valence-corrected chi connectivity index (χ4v) is 4.16. The standard InChI is InChI=1S/C23H24N2O8/c1-29-12-5-7-14(17(11-12)31-3)24-21(27)15-8-10-18(26)25(15)22-13-6-9-16(30-2)20(32-4)19(13)23(28)33-22/h5-7,9,11,15,22H,8,10H2,1-4H3,(H,24,27)/t15-,22+/m1/s1. The van der Waals surface area contributed by atoms with Gasteiger partial charge in [-0.25, -0.2) is 4.79 Å². The number of rotatable bonds is 7. The molecule has 0 unspecified atom stereocenters. The fraction of sp³-hybridized carbons (Fsp3) is 0.348. The third kappa shape index (κ3) is 3.77. The second-order valence-corrected chi connectivity index (χ2v) is 7.43. The van der Waals surface area contributed by atoms with Gasteiger partial charge >= 0.3 is 5.97 Å². The molecule has 4 rings (SSSR count).